The van der Waals surface area contributed by atoms with Crippen LogP contribution in [0.25, 0.3) is 0 Å². The van der Waals surface area contributed by atoms with E-state index in [1.54, 1.807) is 0 Å². The summed E-state index contributed by atoms with van der Waals surface area (Å²) in [5, 5.41) is 12.9. The van der Waals surface area contributed by atoms with Crippen LogP contribution in [0.2, 0.25) is 0 Å². The minimum atomic E-state index is -0.701. The lowest BCUT2D eigenvalue weighted by Crippen LogP contribution is -2.57. The van der Waals surface area contributed by atoms with Crippen LogP contribution in [-0.4, -0.2) is 29.3 Å². The predicted octanol–water partition coefficient (Wildman–Crippen LogP) is -0.552. The maximum absolute atomic E-state index is 9.84. The Labute approximate surface area is 61.6 Å². The highest BCUT2D eigenvalue weighted by atomic mass is 16.3. The molecule has 0 aromatic heterocycles. The Morgan fingerprint density at radius 3 is 2.40 bits per heavy atom. The van der Waals surface area contributed by atoms with Gasteiger partial charge in [0.1, 0.15) is 0 Å². The highest BCUT2D eigenvalue weighted by Crippen LogP contribution is 2.25. The van der Waals surface area contributed by atoms with Crippen molar-refractivity contribution in [2.75, 3.05) is 13.1 Å². The van der Waals surface area contributed by atoms with Crippen molar-refractivity contribution in [2.24, 2.45) is 5.73 Å². The van der Waals surface area contributed by atoms with Crippen molar-refractivity contribution in [2.45, 2.75) is 31.4 Å². The molecule has 0 aromatic rings. The molecule has 0 spiro atoms. The van der Waals surface area contributed by atoms with Crippen molar-refractivity contribution in [1.29, 1.82) is 0 Å². The summed E-state index contributed by atoms with van der Waals surface area (Å²) in [6, 6.07) is 0. The van der Waals surface area contributed by atoms with Gasteiger partial charge in [0.25, 0.3) is 0 Å². The largest absolute Gasteiger partial charge is 0.387 e. The lowest BCUT2D eigenvalue weighted by Gasteiger charge is -2.35. The van der Waals surface area contributed by atoms with Crippen molar-refractivity contribution in [1.82, 2.24) is 5.32 Å². The van der Waals surface area contributed by atoms with Crippen molar-refractivity contribution in [3.05, 3.63) is 0 Å². The topological polar surface area (TPSA) is 58.3 Å². The highest BCUT2D eigenvalue weighted by molar-refractivity contribution is 5.02. The van der Waals surface area contributed by atoms with Gasteiger partial charge in [-0.2, -0.15) is 0 Å². The molecule has 0 bridgehead atoms. The molecule has 60 valence electrons. The van der Waals surface area contributed by atoms with E-state index in [-0.39, 0.29) is 0 Å². The summed E-state index contributed by atoms with van der Waals surface area (Å²) in [4.78, 5) is 0. The Morgan fingerprint density at radius 1 is 1.60 bits per heavy atom. The molecule has 0 aromatic carbocycles. The normalized spacial score (nSPS) is 34.8. The zero-order valence-corrected chi connectivity index (χ0v) is 6.65. The number of nitrogens with one attached hydrogen (secondary N) is 1. The first-order valence-corrected chi connectivity index (χ1v) is 3.68. The summed E-state index contributed by atoms with van der Waals surface area (Å²) in [6.45, 7) is 5.22. The average Bonchev–Trinajstić information content (AvgIpc) is 2.13. The summed E-state index contributed by atoms with van der Waals surface area (Å²) in [6.07, 6.45) is 0.760. The molecule has 1 saturated heterocycles. The number of β-amino-alcohol motifs (C(OH)–C–C–N with tert-alkyl or cyclic N) is 1. The molecule has 1 rings (SSSR count). The first-order chi connectivity index (χ1) is 4.46. The Bertz CT molecular complexity index is 122. The summed E-state index contributed by atoms with van der Waals surface area (Å²) >= 11 is 0. The predicted molar refractivity (Wildman–Crippen MR) is 40.7 cm³/mol. The van der Waals surface area contributed by atoms with Gasteiger partial charge < -0.3 is 16.2 Å². The van der Waals surface area contributed by atoms with Crippen LogP contribution < -0.4 is 11.1 Å². The van der Waals surface area contributed by atoms with Gasteiger partial charge in [-0.3, -0.25) is 0 Å². The van der Waals surface area contributed by atoms with Gasteiger partial charge in [0.05, 0.1) is 5.60 Å². The Kier molecular flexibility index (Phi) is 1.75. The van der Waals surface area contributed by atoms with Crippen molar-refractivity contribution in [3.8, 4) is 0 Å². The smallest absolute Gasteiger partial charge is 0.0956 e. The lowest BCUT2D eigenvalue weighted by atomic mass is 9.83. The van der Waals surface area contributed by atoms with Crippen molar-refractivity contribution < 1.29 is 5.11 Å². The zero-order valence-electron chi connectivity index (χ0n) is 6.65. The first kappa shape index (κ1) is 7.98. The van der Waals surface area contributed by atoms with Crippen LogP contribution in [0.1, 0.15) is 20.3 Å². The molecular weight excluding hydrogens is 128 g/mol. The van der Waals surface area contributed by atoms with Crippen molar-refractivity contribution >= 4 is 0 Å². The second-order valence-electron chi connectivity index (χ2n) is 3.68. The van der Waals surface area contributed by atoms with Crippen LogP contribution in [0.15, 0.2) is 0 Å². The van der Waals surface area contributed by atoms with Gasteiger partial charge in [0.2, 0.25) is 0 Å². The highest BCUT2D eigenvalue weighted by Gasteiger charge is 2.42. The van der Waals surface area contributed by atoms with Crippen LogP contribution in [-0.2, 0) is 0 Å². The lowest BCUT2D eigenvalue weighted by molar-refractivity contribution is -0.00227. The fraction of sp³-hybridized carbons (Fsp3) is 1.00. The van der Waals surface area contributed by atoms with E-state index in [2.05, 4.69) is 5.32 Å². The van der Waals surface area contributed by atoms with Crippen LogP contribution in [0.3, 0.4) is 0 Å². The monoisotopic (exact) mass is 144 g/mol. The van der Waals surface area contributed by atoms with E-state index in [9.17, 15) is 5.11 Å². The minimum absolute atomic E-state index is 0.490. The molecule has 1 fully saturated rings. The molecule has 10 heavy (non-hydrogen) atoms. The van der Waals surface area contributed by atoms with Gasteiger partial charge in [0.15, 0.2) is 0 Å². The molecule has 1 atom stereocenters. The SMILES string of the molecule is CC(C)(N)C1(O)CCNC1. The number of hydrogen-bond donors (Lipinski definition) is 3. The van der Waals surface area contributed by atoms with E-state index < -0.39 is 11.1 Å². The van der Waals surface area contributed by atoms with Gasteiger partial charge in [-0.25, -0.2) is 0 Å². The molecule has 0 amide bonds. The Morgan fingerprint density at radius 2 is 2.20 bits per heavy atom. The third-order valence-corrected chi connectivity index (χ3v) is 2.33. The molecule has 1 aliphatic heterocycles. The molecule has 1 aliphatic rings. The minimum Gasteiger partial charge on any atom is -0.387 e. The zero-order chi connectivity index (χ0) is 7.83. The Balaban J connectivity index is 2.67. The van der Waals surface area contributed by atoms with Crippen LogP contribution in [0.4, 0.5) is 0 Å². The van der Waals surface area contributed by atoms with Gasteiger partial charge in [-0.15, -0.1) is 0 Å². The molecular formula is C7H16N2O. The maximum atomic E-state index is 9.84. The average molecular weight is 144 g/mol. The fourth-order valence-electron chi connectivity index (χ4n) is 1.23. The van der Waals surface area contributed by atoms with Crippen LogP contribution in [0, 0.1) is 0 Å². The van der Waals surface area contributed by atoms with E-state index in [0.29, 0.717) is 6.54 Å². The molecule has 3 heteroatoms. The quantitative estimate of drug-likeness (QED) is 0.463. The Hall–Kier alpha value is -0.120. The third-order valence-electron chi connectivity index (χ3n) is 2.33. The number of rotatable bonds is 1. The third kappa shape index (κ3) is 1.17. The number of hydrogen-bond acceptors (Lipinski definition) is 3. The van der Waals surface area contributed by atoms with E-state index in [1.165, 1.54) is 0 Å². The van der Waals surface area contributed by atoms with E-state index in [0.717, 1.165) is 13.0 Å². The second-order valence-corrected chi connectivity index (χ2v) is 3.68. The molecule has 4 N–H and O–H groups in total. The van der Waals surface area contributed by atoms with E-state index in [4.69, 9.17) is 5.73 Å². The van der Waals surface area contributed by atoms with Gasteiger partial charge in [-0.05, 0) is 26.8 Å². The number of aliphatic hydroxyl groups is 1. The molecule has 1 heterocycles. The van der Waals surface area contributed by atoms with Crippen LogP contribution in [0.5, 0.6) is 0 Å². The molecule has 3 nitrogen and oxygen atoms in total. The summed E-state index contributed by atoms with van der Waals surface area (Å²) in [5.74, 6) is 0. The standard InChI is InChI=1S/C7H16N2O/c1-6(2,8)7(10)3-4-9-5-7/h9-10H,3-5,8H2,1-2H3. The van der Waals surface area contributed by atoms with Gasteiger partial charge >= 0.3 is 0 Å². The van der Waals surface area contributed by atoms with Gasteiger partial charge in [-0.1, -0.05) is 0 Å². The first-order valence-electron chi connectivity index (χ1n) is 3.68. The molecule has 1 unspecified atom stereocenters. The molecule has 0 saturated carbocycles. The summed E-state index contributed by atoms with van der Waals surface area (Å²) < 4.78 is 0. The van der Waals surface area contributed by atoms with Crippen molar-refractivity contribution in [3.63, 3.8) is 0 Å². The van der Waals surface area contributed by atoms with E-state index >= 15 is 0 Å². The second kappa shape index (κ2) is 2.19. The van der Waals surface area contributed by atoms with E-state index in [1.807, 2.05) is 13.8 Å². The summed E-state index contributed by atoms with van der Waals surface area (Å²) in [5.41, 5.74) is 4.59. The van der Waals surface area contributed by atoms with Crippen LogP contribution >= 0.6 is 0 Å². The number of nitrogens with two attached hydrogens (primary N) is 1. The molecule has 0 radical (unpaired) electrons. The van der Waals surface area contributed by atoms with Gasteiger partial charge in [0, 0.05) is 12.1 Å². The molecule has 0 aliphatic carbocycles. The summed E-state index contributed by atoms with van der Waals surface area (Å²) in [7, 11) is 0. The fourth-order valence-corrected chi connectivity index (χ4v) is 1.23. The maximum Gasteiger partial charge on any atom is 0.0956 e.